The molecule has 0 saturated carbocycles. The van der Waals surface area contributed by atoms with Crippen molar-refractivity contribution >= 4 is 0 Å². The van der Waals surface area contributed by atoms with Gasteiger partial charge in [-0.2, -0.15) is 0 Å². The molecule has 3 nitrogen and oxygen atoms in total. The molecular formula is C14H23NO2. The number of likely N-dealkylation sites (N-methyl/N-ethyl adjacent to an activating group) is 1. The van der Waals surface area contributed by atoms with Crippen molar-refractivity contribution in [3.8, 4) is 5.75 Å². The molecule has 1 N–H and O–H groups in total. The lowest BCUT2D eigenvalue weighted by Gasteiger charge is -2.21. The molecule has 0 aliphatic rings. The van der Waals surface area contributed by atoms with E-state index in [1.807, 2.05) is 13.0 Å². The Balaban J connectivity index is 2.93. The van der Waals surface area contributed by atoms with Crippen LogP contribution in [0.25, 0.3) is 0 Å². The standard InChI is InChI=1S/C14H23NO2/c1-5-15-13(10-17-6-2)12-9-11(3)7-8-14(12)16-4/h7-9,13,15H,5-6,10H2,1-4H3. The van der Waals surface area contributed by atoms with E-state index < -0.39 is 0 Å². The van der Waals surface area contributed by atoms with E-state index in [0.29, 0.717) is 6.61 Å². The van der Waals surface area contributed by atoms with E-state index in [0.717, 1.165) is 18.9 Å². The summed E-state index contributed by atoms with van der Waals surface area (Å²) < 4.78 is 10.9. The molecule has 1 aromatic carbocycles. The van der Waals surface area contributed by atoms with Crippen LogP contribution in [0.4, 0.5) is 0 Å². The van der Waals surface area contributed by atoms with Gasteiger partial charge in [0, 0.05) is 12.2 Å². The summed E-state index contributed by atoms with van der Waals surface area (Å²) in [5.74, 6) is 0.918. The molecule has 1 aromatic rings. The predicted octanol–water partition coefficient (Wildman–Crippen LogP) is 2.69. The van der Waals surface area contributed by atoms with E-state index in [-0.39, 0.29) is 6.04 Å². The molecule has 0 radical (unpaired) electrons. The maximum Gasteiger partial charge on any atom is 0.123 e. The molecule has 0 aliphatic heterocycles. The first-order valence-corrected chi connectivity index (χ1v) is 6.18. The second kappa shape index (κ2) is 7.30. The van der Waals surface area contributed by atoms with Crippen molar-refractivity contribution in [2.45, 2.75) is 26.8 Å². The Kier molecular flexibility index (Phi) is 6.01. The van der Waals surface area contributed by atoms with Crippen LogP contribution >= 0.6 is 0 Å². The predicted molar refractivity (Wildman–Crippen MR) is 70.6 cm³/mol. The lowest BCUT2D eigenvalue weighted by atomic mass is 10.0. The van der Waals surface area contributed by atoms with E-state index >= 15 is 0 Å². The van der Waals surface area contributed by atoms with Gasteiger partial charge in [0.2, 0.25) is 0 Å². The molecule has 1 unspecified atom stereocenters. The van der Waals surface area contributed by atoms with Gasteiger partial charge >= 0.3 is 0 Å². The molecule has 1 atom stereocenters. The molecule has 17 heavy (non-hydrogen) atoms. The molecule has 0 heterocycles. The number of nitrogens with one attached hydrogen (secondary N) is 1. The number of methoxy groups -OCH3 is 1. The van der Waals surface area contributed by atoms with Gasteiger partial charge in [-0.3, -0.25) is 0 Å². The Morgan fingerprint density at radius 1 is 1.29 bits per heavy atom. The summed E-state index contributed by atoms with van der Waals surface area (Å²) in [5.41, 5.74) is 2.41. The number of hydrogen-bond donors (Lipinski definition) is 1. The third-order valence-corrected chi connectivity index (χ3v) is 2.70. The minimum absolute atomic E-state index is 0.190. The first-order chi connectivity index (χ1) is 8.22. The van der Waals surface area contributed by atoms with Crippen molar-refractivity contribution in [1.29, 1.82) is 0 Å². The zero-order chi connectivity index (χ0) is 12.7. The highest BCUT2D eigenvalue weighted by molar-refractivity contribution is 5.39. The average molecular weight is 237 g/mol. The molecule has 0 spiro atoms. The van der Waals surface area contributed by atoms with Gasteiger partial charge in [-0.25, -0.2) is 0 Å². The smallest absolute Gasteiger partial charge is 0.123 e. The Labute approximate surface area is 104 Å². The molecule has 3 heteroatoms. The molecule has 0 aliphatic carbocycles. The topological polar surface area (TPSA) is 30.5 Å². The van der Waals surface area contributed by atoms with Gasteiger partial charge in [0.15, 0.2) is 0 Å². The van der Waals surface area contributed by atoms with Crippen molar-refractivity contribution in [1.82, 2.24) is 5.32 Å². The van der Waals surface area contributed by atoms with E-state index in [1.54, 1.807) is 7.11 Å². The second-order valence-corrected chi connectivity index (χ2v) is 4.02. The van der Waals surface area contributed by atoms with Crippen LogP contribution in [0.3, 0.4) is 0 Å². The summed E-state index contributed by atoms with van der Waals surface area (Å²) in [6.07, 6.45) is 0. The van der Waals surface area contributed by atoms with E-state index in [9.17, 15) is 0 Å². The first-order valence-electron chi connectivity index (χ1n) is 6.18. The van der Waals surface area contributed by atoms with Crippen molar-refractivity contribution in [3.05, 3.63) is 29.3 Å². The Bertz CT molecular complexity index is 339. The maximum atomic E-state index is 5.52. The lowest BCUT2D eigenvalue weighted by Crippen LogP contribution is -2.26. The van der Waals surface area contributed by atoms with Gasteiger partial charge < -0.3 is 14.8 Å². The van der Waals surface area contributed by atoms with E-state index in [4.69, 9.17) is 9.47 Å². The fourth-order valence-electron chi connectivity index (χ4n) is 1.87. The minimum Gasteiger partial charge on any atom is -0.496 e. The molecule has 0 saturated heterocycles. The van der Waals surface area contributed by atoms with Gasteiger partial charge in [0.05, 0.1) is 19.8 Å². The Hall–Kier alpha value is -1.06. The number of ether oxygens (including phenoxy) is 2. The molecule has 0 amide bonds. The molecule has 0 bridgehead atoms. The molecule has 96 valence electrons. The third-order valence-electron chi connectivity index (χ3n) is 2.70. The maximum absolute atomic E-state index is 5.52. The van der Waals surface area contributed by atoms with Gasteiger partial charge in [0.25, 0.3) is 0 Å². The largest absolute Gasteiger partial charge is 0.496 e. The van der Waals surface area contributed by atoms with E-state index in [1.165, 1.54) is 11.1 Å². The van der Waals surface area contributed by atoms with Crippen LogP contribution in [0.1, 0.15) is 31.0 Å². The van der Waals surface area contributed by atoms with Crippen LogP contribution in [0.2, 0.25) is 0 Å². The van der Waals surface area contributed by atoms with Crippen LogP contribution in [0.15, 0.2) is 18.2 Å². The highest BCUT2D eigenvalue weighted by atomic mass is 16.5. The fourth-order valence-corrected chi connectivity index (χ4v) is 1.87. The van der Waals surface area contributed by atoms with Crippen LogP contribution in [0.5, 0.6) is 5.75 Å². The summed E-state index contributed by atoms with van der Waals surface area (Å²) in [7, 11) is 1.71. The summed E-state index contributed by atoms with van der Waals surface area (Å²) in [5, 5.41) is 3.43. The SMILES string of the molecule is CCNC(COCC)c1cc(C)ccc1OC. The van der Waals surface area contributed by atoms with Gasteiger partial charge in [-0.1, -0.05) is 24.6 Å². The average Bonchev–Trinajstić information content (AvgIpc) is 2.34. The monoisotopic (exact) mass is 237 g/mol. The first kappa shape index (κ1) is 14.0. The zero-order valence-corrected chi connectivity index (χ0v) is 11.2. The van der Waals surface area contributed by atoms with Crippen molar-refractivity contribution in [3.63, 3.8) is 0 Å². The second-order valence-electron chi connectivity index (χ2n) is 4.02. The summed E-state index contributed by atoms with van der Waals surface area (Å²) in [6, 6.07) is 6.42. The number of benzene rings is 1. The van der Waals surface area contributed by atoms with Crippen LogP contribution < -0.4 is 10.1 Å². The molecule has 0 aromatic heterocycles. The number of rotatable bonds is 7. The quantitative estimate of drug-likeness (QED) is 0.791. The molecule has 0 fully saturated rings. The number of aryl methyl sites for hydroxylation is 1. The minimum atomic E-state index is 0.190. The normalized spacial score (nSPS) is 12.5. The van der Waals surface area contributed by atoms with E-state index in [2.05, 4.69) is 31.3 Å². The van der Waals surface area contributed by atoms with Crippen LogP contribution in [-0.4, -0.2) is 26.9 Å². The van der Waals surface area contributed by atoms with Crippen LogP contribution in [-0.2, 0) is 4.74 Å². The van der Waals surface area contributed by atoms with Gasteiger partial charge in [-0.05, 0) is 26.5 Å². The van der Waals surface area contributed by atoms with Crippen molar-refractivity contribution in [2.24, 2.45) is 0 Å². The van der Waals surface area contributed by atoms with Gasteiger partial charge in [0.1, 0.15) is 5.75 Å². The third kappa shape index (κ3) is 4.02. The summed E-state index contributed by atoms with van der Waals surface area (Å²) >= 11 is 0. The van der Waals surface area contributed by atoms with Crippen molar-refractivity contribution < 1.29 is 9.47 Å². The highest BCUT2D eigenvalue weighted by Crippen LogP contribution is 2.26. The highest BCUT2D eigenvalue weighted by Gasteiger charge is 2.15. The zero-order valence-electron chi connectivity index (χ0n) is 11.2. The molecule has 1 rings (SSSR count). The summed E-state index contributed by atoms with van der Waals surface area (Å²) in [4.78, 5) is 0. The molecular weight excluding hydrogens is 214 g/mol. The van der Waals surface area contributed by atoms with Gasteiger partial charge in [-0.15, -0.1) is 0 Å². The lowest BCUT2D eigenvalue weighted by molar-refractivity contribution is 0.122. The summed E-state index contributed by atoms with van der Waals surface area (Å²) in [6.45, 7) is 8.51. The van der Waals surface area contributed by atoms with Crippen molar-refractivity contribution in [2.75, 3.05) is 26.9 Å². The Morgan fingerprint density at radius 3 is 2.65 bits per heavy atom. The van der Waals surface area contributed by atoms with Crippen LogP contribution in [0, 0.1) is 6.92 Å². The Morgan fingerprint density at radius 2 is 2.06 bits per heavy atom. The fraction of sp³-hybridized carbons (Fsp3) is 0.571. The number of hydrogen-bond acceptors (Lipinski definition) is 3.